The molecule has 1 heterocycles. The van der Waals surface area contributed by atoms with Gasteiger partial charge in [-0.2, -0.15) is 0 Å². The molecule has 18 heavy (non-hydrogen) atoms. The molecule has 0 aromatic carbocycles. The third kappa shape index (κ3) is 2.89. The zero-order valence-electron chi connectivity index (χ0n) is 12.8. The Morgan fingerprint density at radius 3 is 2.44 bits per heavy atom. The predicted molar refractivity (Wildman–Crippen MR) is 75.9 cm³/mol. The molecular weight excluding hydrogens is 224 g/mol. The first-order valence-corrected chi connectivity index (χ1v) is 7.42. The highest BCUT2D eigenvalue weighted by Gasteiger charge is 2.43. The SMILES string of the molecule is COC1(CN2CC(C)(C)NCC2C(C)C)CCC1. The lowest BCUT2D eigenvalue weighted by atomic mass is 9.78. The van der Waals surface area contributed by atoms with E-state index < -0.39 is 0 Å². The molecule has 106 valence electrons. The molecule has 0 aromatic heterocycles. The summed E-state index contributed by atoms with van der Waals surface area (Å²) in [5, 5.41) is 3.68. The molecule has 0 bridgehead atoms. The number of nitrogens with one attached hydrogen (secondary N) is 1. The zero-order chi connectivity index (χ0) is 13.4. The summed E-state index contributed by atoms with van der Waals surface area (Å²) < 4.78 is 5.81. The van der Waals surface area contributed by atoms with Crippen LogP contribution in [-0.4, -0.2) is 48.8 Å². The molecule has 1 aliphatic heterocycles. The van der Waals surface area contributed by atoms with Gasteiger partial charge >= 0.3 is 0 Å². The fourth-order valence-corrected chi connectivity index (χ4v) is 3.39. The van der Waals surface area contributed by atoms with Gasteiger partial charge in [-0.15, -0.1) is 0 Å². The summed E-state index contributed by atoms with van der Waals surface area (Å²) in [7, 11) is 1.89. The average Bonchev–Trinajstić information content (AvgIpc) is 2.21. The predicted octanol–water partition coefficient (Wildman–Crippen LogP) is 2.26. The van der Waals surface area contributed by atoms with Crippen molar-refractivity contribution < 1.29 is 4.74 Å². The van der Waals surface area contributed by atoms with E-state index in [0.717, 1.165) is 19.6 Å². The van der Waals surface area contributed by atoms with E-state index in [0.29, 0.717) is 12.0 Å². The van der Waals surface area contributed by atoms with Crippen molar-refractivity contribution in [3.8, 4) is 0 Å². The average molecular weight is 254 g/mol. The van der Waals surface area contributed by atoms with Gasteiger partial charge in [0.2, 0.25) is 0 Å². The molecular formula is C15H30N2O. The molecule has 0 aromatic rings. The smallest absolute Gasteiger partial charge is 0.0805 e. The third-order valence-electron chi connectivity index (χ3n) is 4.82. The number of hydrogen-bond donors (Lipinski definition) is 1. The summed E-state index contributed by atoms with van der Waals surface area (Å²) in [6, 6.07) is 0.644. The topological polar surface area (TPSA) is 24.5 Å². The Morgan fingerprint density at radius 2 is 2.00 bits per heavy atom. The molecule has 2 aliphatic rings. The zero-order valence-corrected chi connectivity index (χ0v) is 12.8. The Hall–Kier alpha value is -0.120. The number of piperazine rings is 1. The van der Waals surface area contributed by atoms with E-state index in [1.165, 1.54) is 19.3 Å². The molecule has 0 amide bonds. The van der Waals surface area contributed by atoms with Crippen molar-refractivity contribution in [1.29, 1.82) is 0 Å². The number of methoxy groups -OCH3 is 1. The molecule has 1 N–H and O–H groups in total. The van der Waals surface area contributed by atoms with Gasteiger partial charge in [0.25, 0.3) is 0 Å². The molecule has 3 heteroatoms. The Morgan fingerprint density at radius 1 is 1.33 bits per heavy atom. The first kappa shape index (κ1) is 14.3. The molecule has 1 aliphatic carbocycles. The second-order valence-electron chi connectivity index (χ2n) is 7.22. The van der Waals surface area contributed by atoms with E-state index in [2.05, 4.69) is 37.9 Å². The Labute approximate surface area is 112 Å². The summed E-state index contributed by atoms with van der Waals surface area (Å²) in [5.74, 6) is 0.697. The van der Waals surface area contributed by atoms with Gasteiger partial charge in [0, 0.05) is 38.3 Å². The summed E-state index contributed by atoms with van der Waals surface area (Å²) >= 11 is 0. The first-order chi connectivity index (χ1) is 8.37. The summed E-state index contributed by atoms with van der Waals surface area (Å²) in [6.07, 6.45) is 3.80. The van der Waals surface area contributed by atoms with Crippen LogP contribution in [0.1, 0.15) is 47.0 Å². The van der Waals surface area contributed by atoms with Gasteiger partial charge in [-0.25, -0.2) is 0 Å². The quantitative estimate of drug-likeness (QED) is 0.833. The second-order valence-corrected chi connectivity index (χ2v) is 7.22. The van der Waals surface area contributed by atoms with Crippen molar-refractivity contribution in [2.45, 2.75) is 64.1 Å². The van der Waals surface area contributed by atoms with Crippen LogP contribution in [0.25, 0.3) is 0 Å². The van der Waals surface area contributed by atoms with E-state index in [1.807, 2.05) is 7.11 Å². The van der Waals surface area contributed by atoms with Crippen LogP contribution < -0.4 is 5.32 Å². The minimum Gasteiger partial charge on any atom is -0.377 e. The molecule has 1 saturated carbocycles. The minimum atomic E-state index is 0.153. The lowest BCUT2D eigenvalue weighted by Crippen LogP contribution is -2.66. The maximum atomic E-state index is 5.81. The molecule has 3 nitrogen and oxygen atoms in total. The van der Waals surface area contributed by atoms with Crippen molar-refractivity contribution in [3.05, 3.63) is 0 Å². The minimum absolute atomic E-state index is 0.153. The fourth-order valence-electron chi connectivity index (χ4n) is 3.39. The molecule has 0 radical (unpaired) electrons. The van der Waals surface area contributed by atoms with Crippen LogP contribution in [0.5, 0.6) is 0 Å². The van der Waals surface area contributed by atoms with Gasteiger partial charge in [0.05, 0.1) is 5.60 Å². The van der Waals surface area contributed by atoms with Gasteiger partial charge in [0.15, 0.2) is 0 Å². The van der Waals surface area contributed by atoms with Crippen LogP contribution >= 0.6 is 0 Å². The van der Waals surface area contributed by atoms with Crippen molar-refractivity contribution >= 4 is 0 Å². The van der Waals surface area contributed by atoms with E-state index in [4.69, 9.17) is 4.74 Å². The molecule has 2 fully saturated rings. The normalized spacial score (nSPS) is 31.3. The third-order valence-corrected chi connectivity index (χ3v) is 4.82. The summed E-state index contributed by atoms with van der Waals surface area (Å²) in [5.41, 5.74) is 0.380. The van der Waals surface area contributed by atoms with Crippen LogP contribution in [0.3, 0.4) is 0 Å². The maximum absolute atomic E-state index is 5.81. The summed E-state index contributed by atoms with van der Waals surface area (Å²) in [4.78, 5) is 2.67. The Balaban J connectivity index is 2.05. The lowest BCUT2D eigenvalue weighted by molar-refractivity contribution is -0.108. The lowest BCUT2D eigenvalue weighted by Gasteiger charge is -2.51. The van der Waals surface area contributed by atoms with Gasteiger partial charge in [-0.3, -0.25) is 4.90 Å². The van der Waals surface area contributed by atoms with E-state index >= 15 is 0 Å². The van der Waals surface area contributed by atoms with Gasteiger partial charge in [-0.05, 0) is 39.0 Å². The van der Waals surface area contributed by atoms with Gasteiger partial charge < -0.3 is 10.1 Å². The second kappa shape index (κ2) is 5.10. The number of nitrogens with zero attached hydrogens (tertiary/aromatic N) is 1. The standard InChI is InChI=1S/C15H30N2O/c1-12(2)13-9-16-14(3,4)10-17(13)11-15(18-5)7-6-8-15/h12-13,16H,6-11H2,1-5H3. The highest BCUT2D eigenvalue weighted by molar-refractivity contribution is 4.99. The number of ether oxygens (including phenoxy) is 1. The Bertz CT molecular complexity index is 279. The van der Waals surface area contributed by atoms with Crippen molar-refractivity contribution in [2.24, 2.45) is 5.92 Å². The van der Waals surface area contributed by atoms with Crippen LogP contribution in [-0.2, 0) is 4.74 Å². The van der Waals surface area contributed by atoms with Crippen LogP contribution in [0.15, 0.2) is 0 Å². The molecule has 1 saturated heterocycles. The van der Waals surface area contributed by atoms with E-state index in [9.17, 15) is 0 Å². The largest absolute Gasteiger partial charge is 0.377 e. The highest BCUT2D eigenvalue weighted by atomic mass is 16.5. The monoisotopic (exact) mass is 254 g/mol. The number of hydrogen-bond acceptors (Lipinski definition) is 3. The highest BCUT2D eigenvalue weighted by Crippen LogP contribution is 2.37. The fraction of sp³-hybridized carbons (Fsp3) is 1.00. The van der Waals surface area contributed by atoms with Crippen LogP contribution in [0.2, 0.25) is 0 Å². The van der Waals surface area contributed by atoms with Crippen molar-refractivity contribution in [2.75, 3.05) is 26.7 Å². The molecule has 1 atom stereocenters. The van der Waals surface area contributed by atoms with Crippen molar-refractivity contribution in [1.82, 2.24) is 10.2 Å². The maximum Gasteiger partial charge on any atom is 0.0805 e. The Kier molecular flexibility index (Phi) is 4.05. The number of rotatable bonds is 4. The summed E-state index contributed by atoms with van der Waals surface area (Å²) in [6.45, 7) is 12.6. The molecule has 1 unspecified atom stereocenters. The van der Waals surface area contributed by atoms with Crippen molar-refractivity contribution in [3.63, 3.8) is 0 Å². The van der Waals surface area contributed by atoms with Crippen LogP contribution in [0, 0.1) is 5.92 Å². The van der Waals surface area contributed by atoms with E-state index in [1.54, 1.807) is 0 Å². The van der Waals surface area contributed by atoms with Gasteiger partial charge in [-0.1, -0.05) is 13.8 Å². The van der Waals surface area contributed by atoms with E-state index in [-0.39, 0.29) is 11.1 Å². The van der Waals surface area contributed by atoms with Gasteiger partial charge in [0.1, 0.15) is 0 Å². The molecule has 2 rings (SSSR count). The first-order valence-electron chi connectivity index (χ1n) is 7.42. The molecule has 0 spiro atoms. The van der Waals surface area contributed by atoms with Crippen LogP contribution in [0.4, 0.5) is 0 Å².